The van der Waals surface area contributed by atoms with Gasteiger partial charge in [0.25, 0.3) is 0 Å². The van der Waals surface area contributed by atoms with E-state index < -0.39 is 14.6 Å². The molecule has 1 aliphatic carbocycles. The molecule has 0 N–H and O–H groups in total. The Hall–Kier alpha value is -0.970. The molecule has 1 saturated carbocycles. The maximum absolute atomic E-state index is 11.8. The van der Waals surface area contributed by atoms with Gasteiger partial charge in [0, 0.05) is 12.4 Å². The highest BCUT2D eigenvalue weighted by Crippen LogP contribution is 2.45. The fraction of sp³-hybridized carbons (Fsp3) is 0.500. The van der Waals surface area contributed by atoms with Crippen LogP contribution in [-0.4, -0.2) is 23.1 Å². The maximum atomic E-state index is 11.8. The zero-order valence-corrected chi connectivity index (χ0v) is 8.08. The van der Waals surface area contributed by atoms with E-state index in [0.29, 0.717) is 12.8 Å². The summed E-state index contributed by atoms with van der Waals surface area (Å²) >= 11 is 0. The largest absolute Gasteiger partial charge is 0.247 e. The second-order valence-corrected chi connectivity index (χ2v) is 5.84. The van der Waals surface area contributed by atoms with E-state index in [4.69, 9.17) is 0 Å². The molecule has 70 valence electrons. The van der Waals surface area contributed by atoms with Gasteiger partial charge >= 0.3 is 0 Å². The van der Waals surface area contributed by atoms with E-state index in [9.17, 15) is 8.42 Å². The van der Waals surface area contributed by atoms with E-state index in [-0.39, 0.29) is 5.16 Å². The summed E-state index contributed by atoms with van der Waals surface area (Å²) < 4.78 is 23.0. The minimum absolute atomic E-state index is 0.0463. The molecule has 0 amide bonds. The highest BCUT2D eigenvalue weighted by molar-refractivity contribution is 7.92. The van der Waals surface area contributed by atoms with Gasteiger partial charge in [-0.2, -0.15) is 0 Å². The number of hydrogen-bond acceptors (Lipinski definition) is 4. The molecular formula is C8H10N2O2S. The van der Waals surface area contributed by atoms with Crippen molar-refractivity contribution in [3.8, 4) is 0 Å². The van der Waals surface area contributed by atoms with Crippen molar-refractivity contribution in [2.24, 2.45) is 0 Å². The summed E-state index contributed by atoms with van der Waals surface area (Å²) in [4.78, 5) is 7.52. The van der Waals surface area contributed by atoms with E-state index in [1.54, 1.807) is 13.0 Å². The van der Waals surface area contributed by atoms with Crippen LogP contribution < -0.4 is 0 Å². The summed E-state index contributed by atoms with van der Waals surface area (Å²) in [6.45, 7) is 1.73. The maximum Gasteiger partial charge on any atom is 0.247 e. The molecule has 1 aliphatic rings. The van der Waals surface area contributed by atoms with Gasteiger partial charge in [-0.05, 0) is 25.8 Å². The summed E-state index contributed by atoms with van der Waals surface area (Å²) in [7, 11) is -3.29. The molecular weight excluding hydrogens is 188 g/mol. The Kier molecular flexibility index (Phi) is 1.66. The molecule has 13 heavy (non-hydrogen) atoms. The molecule has 5 heteroatoms. The van der Waals surface area contributed by atoms with Gasteiger partial charge in [-0.15, -0.1) is 0 Å². The fourth-order valence-corrected chi connectivity index (χ4v) is 2.57. The van der Waals surface area contributed by atoms with E-state index >= 15 is 0 Å². The minimum Gasteiger partial charge on any atom is -0.227 e. The number of aromatic nitrogens is 2. The zero-order chi connectivity index (χ0) is 9.53. The first kappa shape index (κ1) is 8.62. The minimum atomic E-state index is -3.29. The summed E-state index contributed by atoms with van der Waals surface area (Å²) in [6.07, 6.45) is 4.33. The van der Waals surface area contributed by atoms with Crippen molar-refractivity contribution in [2.75, 3.05) is 0 Å². The third kappa shape index (κ3) is 1.23. The first-order valence-electron chi connectivity index (χ1n) is 4.08. The van der Waals surface area contributed by atoms with Crippen molar-refractivity contribution in [1.82, 2.24) is 9.97 Å². The smallest absolute Gasteiger partial charge is 0.227 e. The quantitative estimate of drug-likeness (QED) is 0.659. The van der Waals surface area contributed by atoms with Crippen molar-refractivity contribution in [3.63, 3.8) is 0 Å². The van der Waals surface area contributed by atoms with E-state index in [0.717, 1.165) is 0 Å². The average molecular weight is 198 g/mol. The molecule has 0 spiro atoms. The van der Waals surface area contributed by atoms with Gasteiger partial charge in [0.15, 0.2) is 0 Å². The molecule has 1 heterocycles. The molecule has 0 aliphatic heterocycles. The number of hydrogen-bond donors (Lipinski definition) is 0. The lowest BCUT2D eigenvalue weighted by molar-refractivity contribution is 0.572. The van der Waals surface area contributed by atoms with Crippen LogP contribution in [0.15, 0.2) is 23.6 Å². The molecule has 1 aromatic rings. The van der Waals surface area contributed by atoms with Gasteiger partial charge in [0.05, 0.1) is 4.75 Å². The second kappa shape index (κ2) is 2.51. The van der Waals surface area contributed by atoms with Crippen LogP contribution in [0.3, 0.4) is 0 Å². The molecule has 1 fully saturated rings. The molecule has 0 bridgehead atoms. The van der Waals surface area contributed by atoms with E-state index in [1.165, 1.54) is 12.4 Å². The molecule has 0 aromatic carbocycles. The van der Waals surface area contributed by atoms with Crippen molar-refractivity contribution in [1.29, 1.82) is 0 Å². The van der Waals surface area contributed by atoms with Crippen LogP contribution >= 0.6 is 0 Å². The molecule has 1 aromatic heterocycles. The van der Waals surface area contributed by atoms with Gasteiger partial charge in [-0.1, -0.05) is 0 Å². The Morgan fingerprint density at radius 2 is 1.85 bits per heavy atom. The molecule has 0 saturated heterocycles. The van der Waals surface area contributed by atoms with Crippen molar-refractivity contribution in [3.05, 3.63) is 18.5 Å². The van der Waals surface area contributed by atoms with Crippen LogP contribution in [0.2, 0.25) is 0 Å². The van der Waals surface area contributed by atoms with Gasteiger partial charge in [0.2, 0.25) is 15.0 Å². The van der Waals surface area contributed by atoms with Crippen molar-refractivity contribution < 1.29 is 8.42 Å². The van der Waals surface area contributed by atoms with Crippen molar-refractivity contribution >= 4 is 9.84 Å². The lowest BCUT2D eigenvalue weighted by Gasteiger charge is -2.07. The molecule has 0 unspecified atom stereocenters. The summed E-state index contributed by atoms with van der Waals surface area (Å²) in [5, 5.41) is -0.0463. The Morgan fingerprint density at radius 1 is 1.31 bits per heavy atom. The lowest BCUT2D eigenvalue weighted by atomic mass is 10.5. The number of sulfone groups is 1. The predicted octanol–water partition coefficient (Wildman–Crippen LogP) is 0.803. The Labute approximate surface area is 77.0 Å². The molecule has 4 nitrogen and oxygen atoms in total. The number of rotatable bonds is 2. The Balaban J connectivity index is 2.48. The van der Waals surface area contributed by atoms with E-state index in [2.05, 4.69) is 9.97 Å². The fourth-order valence-electron chi connectivity index (χ4n) is 1.09. The highest BCUT2D eigenvalue weighted by Gasteiger charge is 2.52. The monoisotopic (exact) mass is 198 g/mol. The zero-order valence-electron chi connectivity index (χ0n) is 7.27. The number of nitrogens with zero attached hydrogens (tertiary/aromatic N) is 2. The first-order valence-corrected chi connectivity index (χ1v) is 5.56. The van der Waals surface area contributed by atoms with Gasteiger partial charge in [-0.25, -0.2) is 18.4 Å². The predicted molar refractivity (Wildman–Crippen MR) is 46.9 cm³/mol. The average Bonchev–Trinajstić information content (AvgIpc) is 2.87. The van der Waals surface area contributed by atoms with Crippen LogP contribution in [-0.2, 0) is 9.84 Å². The molecule has 2 rings (SSSR count). The summed E-state index contributed by atoms with van der Waals surface area (Å²) in [6, 6.07) is 1.61. The van der Waals surface area contributed by atoms with Crippen LogP contribution in [0.5, 0.6) is 0 Å². The van der Waals surface area contributed by atoms with Gasteiger partial charge in [-0.3, -0.25) is 0 Å². The van der Waals surface area contributed by atoms with Crippen molar-refractivity contribution in [2.45, 2.75) is 29.7 Å². The van der Waals surface area contributed by atoms with Crippen LogP contribution in [0, 0.1) is 0 Å². The molecule has 0 atom stereocenters. The van der Waals surface area contributed by atoms with Gasteiger partial charge < -0.3 is 0 Å². The SMILES string of the molecule is CC1(S(=O)(=O)c2ncccn2)CC1. The van der Waals surface area contributed by atoms with Crippen LogP contribution in [0.25, 0.3) is 0 Å². The third-order valence-corrected chi connectivity index (χ3v) is 4.78. The standard InChI is InChI=1S/C8H10N2O2S/c1-8(3-4-8)13(11,12)7-9-5-2-6-10-7/h2,5-6H,3-4H2,1H3. The molecule has 0 radical (unpaired) electrons. The third-order valence-electron chi connectivity index (χ3n) is 2.39. The Morgan fingerprint density at radius 3 is 2.31 bits per heavy atom. The first-order chi connectivity index (χ1) is 6.06. The Bertz CT molecular complexity index is 409. The summed E-state index contributed by atoms with van der Waals surface area (Å²) in [5.74, 6) is 0. The highest BCUT2D eigenvalue weighted by atomic mass is 32.2. The van der Waals surface area contributed by atoms with Crippen LogP contribution in [0.1, 0.15) is 19.8 Å². The van der Waals surface area contributed by atoms with E-state index in [1.807, 2.05) is 0 Å². The normalized spacial score (nSPS) is 19.8. The lowest BCUT2D eigenvalue weighted by Crippen LogP contribution is -2.21. The topological polar surface area (TPSA) is 59.9 Å². The second-order valence-electron chi connectivity index (χ2n) is 3.48. The van der Waals surface area contributed by atoms with Crippen LogP contribution in [0.4, 0.5) is 0 Å². The van der Waals surface area contributed by atoms with Gasteiger partial charge in [0.1, 0.15) is 0 Å². The summed E-state index contributed by atoms with van der Waals surface area (Å²) in [5.41, 5.74) is 0.